The van der Waals surface area contributed by atoms with E-state index in [-0.39, 0.29) is 0 Å². The molecule has 0 saturated carbocycles. The molecule has 0 aliphatic carbocycles. The van der Waals surface area contributed by atoms with E-state index >= 15 is 0 Å². The van der Waals surface area contributed by atoms with Gasteiger partial charge in [0, 0.05) is 5.56 Å². The molecule has 1 aromatic rings. The molecule has 0 radical (unpaired) electrons. The highest BCUT2D eigenvalue weighted by molar-refractivity contribution is 5.75. The van der Waals surface area contributed by atoms with E-state index in [2.05, 4.69) is 0 Å². The lowest BCUT2D eigenvalue weighted by molar-refractivity contribution is -0.416. The van der Waals surface area contributed by atoms with Gasteiger partial charge in [0.15, 0.2) is 6.21 Å². The van der Waals surface area contributed by atoms with Gasteiger partial charge in [-0.3, -0.25) is 0 Å². The quantitative estimate of drug-likeness (QED) is 0.306. The van der Waals surface area contributed by atoms with E-state index in [1.165, 1.54) is 13.3 Å². The Morgan fingerprint density at radius 3 is 2.46 bits per heavy atom. The van der Waals surface area contributed by atoms with Crippen LogP contribution in [0.3, 0.4) is 0 Å². The van der Waals surface area contributed by atoms with Gasteiger partial charge in [-0.25, -0.2) is 4.74 Å². The maximum Gasteiger partial charge on any atom is 0.181 e. The van der Waals surface area contributed by atoms with Gasteiger partial charge in [-0.15, -0.1) is 0 Å². The van der Waals surface area contributed by atoms with Gasteiger partial charge in [0.1, 0.15) is 12.8 Å². The van der Waals surface area contributed by atoms with Crippen molar-refractivity contribution in [3.05, 3.63) is 35.0 Å². The Balaban J connectivity index is 2.75. The zero-order valence-electron chi connectivity index (χ0n) is 7.86. The zero-order chi connectivity index (χ0) is 9.68. The molecule has 0 aliphatic rings. The summed E-state index contributed by atoms with van der Waals surface area (Å²) in [5.41, 5.74) is 0.876. The summed E-state index contributed by atoms with van der Waals surface area (Å²) in [6.07, 6.45) is 1.51. The SMILES string of the molecule is CCOc1ccc(/C=[N+](/C)[O-])cc1. The molecule has 0 fully saturated rings. The van der Waals surface area contributed by atoms with Gasteiger partial charge in [-0.2, -0.15) is 0 Å². The van der Waals surface area contributed by atoms with Crippen LogP contribution in [0.5, 0.6) is 5.75 Å². The fraction of sp³-hybridized carbons (Fsp3) is 0.300. The molecule has 3 nitrogen and oxygen atoms in total. The second-order valence-corrected chi connectivity index (χ2v) is 2.68. The highest BCUT2D eigenvalue weighted by Crippen LogP contribution is 2.10. The van der Waals surface area contributed by atoms with Gasteiger partial charge in [-0.05, 0) is 31.2 Å². The largest absolute Gasteiger partial charge is 0.624 e. The minimum atomic E-state index is 0.657. The smallest absolute Gasteiger partial charge is 0.181 e. The Hall–Kier alpha value is -1.51. The van der Waals surface area contributed by atoms with Crippen LogP contribution in [0.25, 0.3) is 0 Å². The fourth-order valence-corrected chi connectivity index (χ4v) is 1.03. The van der Waals surface area contributed by atoms with Crippen LogP contribution in [-0.4, -0.2) is 24.6 Å². The summed E-state index contributed by atoms with van der Waals surface area (Å²) in [5.74, 6) is 0.827. The predicted molar refractivity (Wildman–Crippen MR) is 52.3 cm³/mol. The van der Waals surface area contributed by atoms with Crippen LogP contribution in [0.4, 0.5) is 0 Å². The van der Waals surface area contributed by atoms with Crippen molar-refractivity contribution in [3.8, 4) is 5.75 Å². The average molecular weight is 179 g/mol. The Morgan fingerprint density at radius 1 is 1.38 bits per heavy atom. The van der Waals surface area contributed by atoms with Crippen LogP contribution in [0.1, 0.15) is 12.5 Å². The van der Waals surface area contributed by atoms with Crippen LogP contribution in [0.15, 0.2) is 24.3 Å². The molecule has 70 valence electrons. The van der Waals surface area contributed by atoms with Gasteiger partial charge < -0.3 is 9.94 Å². The predicted octanol–water partition coefficient (Wildman–Crippen LogP) is 1.64. The first-order chi connectivity index (χ1) is 6.22. The first-order valence-corrected chi connectivity index (χ1v) is 4.20. The second kappa shape index (κ2) is 4.50. The van der Waals surface area contributed by atoms with Crippen LogP contribution < -0.4 is 4.74 Å². The number of rotatable bonds is 3. The molecule has 0 aliphatic heterocycles. The number of benzene rings is 1. The Kier molecular flexibility index (Phi) is 3.31. The summed E-state index contributed by atoms with van der Waals surface area (Å²) in [7, 11) is 1.45. The molecule has 0 bridgehead atoms. The van der Waals surface area contributed by atoms with Crippen molar-refractivity contribution in [1.29, 1.82) is 0 Å². The van der Waals surface area contributed by atoms with E-state index in [0.717, 1.165) is 16.1 Å². The van der Waals surface area contributed by atoms with Crippen molar-refractivity contribution in [1.82, 2.24) is 0 Å². The van der Waals surface area contributed by atoms with Gasteiger partial charge >= 0.3 is 0 Å². The molecule has 0 heterocycles. The average Bonchev–Trinajstić information content (AvgIpc) is 2.08. The summed E-state index contributed by atoms with van der Waals surface area (Å²) in [5, 5.41) is 10.7. The lowest BCUT2D eigenvalue weighted by Crippen LogP contribution is -1.97. The topological polar surface area (TPSA) is 35.3 Å². The molecular formula is C10H13NO2. The van der Waals surface area contributed by atoms with E-state index in [1.807, 2.05) is 31.2 Å². The molecule has 0 atom stereocenters. The Labute approximate surface area is 77.9 Å². The molecule has 3 heteroatoms. The Morgan fingerprint density at radius 2 is 2.00 bits per heavy atom. The lowest BCUT2D eigenvalue weighted by Gasteiger charge is -2.01. The highest BCUT2D eigenvalue weighted by atomic mass is 16.5. The summed E-state index contributed by atoms with van der Waals surface area (Å²) in [6.45, 7) is 2.59. The maximum atomic E-state index is 10.7. The number of nitrogens with zero attached hydrogens (tertiary/aromatic N) is 1. The molecular weight excluding hydrogens is 166 g/mol. The summed E-state index contributed by atoms with van der Waals surface area (Å²) in [4.78, 5) is 0. The van der Waals surface area contributed by atoms with E-state index in [0.29, 0.717) is 6.61 Å². The molecule has 0 N–H and O–H groups in total. The van der Waals surface area contributed by atoms with Crippen LogP contribution >= 0.6 is 0 Å². The number of hydrogen-bond acceptors (Lipinski definition) is 2. The van der Waals surface area contributed by atoms with Crippen molar-refractivity contribution in [2.45, 2.75) is 6.92 Å². The van der Waals surface area contributed by atoms with Crippen molar-refractivity contribution in [2.24, 2.45) is 0 Å². The minimum absolute atomic E-state index is 0.657. The van der Waals surface area contributed by atoms with Gasteiger partial charge in [0.25, 0.3) is 0 Å². The van der Waals surface area contributed by atoms with Crippen molar-refractivity contribution < 1.29 is 9.48 Å². The van der Waals surface area contributed by atoms with Gasteiger partial charge in [0.05, 0.1) is 6.61 Å². The molecule has 1 rings (SSSR count). The molecule has 0 saturated heterocycles. The van der Waals surface area contributed by atoms with E-state index < -0.39 is 0 Å². The molecule has 0 spiro atoms. The van der Waals surface area contributed by atoms with Crippen molar-refractivity contribution in [3.63, 3.8) is 0 Å². The zero-order valence-corrected chi connectivity index (χ0v) is 7.86. The van der Waals surface area contributed by atoms with Crippen LogP contribution in [0, 0.1) is 5.21 Å². The van der Waals surface area contributed by atoms with Crippen LogP contribution in [0.2, 0.25) is 0 Å². The fourth-order valence-electron chi connectivity index (χ4n) is 1.03. The maximum absolute atomic E-state index is 10.7. The second-order valence-electron chi connectivity index (χ2n) is 2.68. The molecule has 13 heavy (non-hydrogen) atoms. The molecule has 0 aromatic heterocycles. The van der Waals surface area contributed by atoms with E-state index in [9.17, 15) is 5.21 Å². The van der Waals surface area contributed by atoms with Crippen molar-refractivity contribution >= 4 is 6.21 Å². The molecule has 0 unspecified atom stereocenters. The van der Waals surface area contributed by atoms with Gasteiger partial charge in [-0.1, -0.05) is 0 Å². The first kappa shape index (κ1) is 9.58. The molecule has 1 aromatic carbocycles. The summed E-state index contributed by atoms with van der Waals surface area (Å²) >= 11 is 0. The van der Waals surface area contributed by atoms with E-state index in [4.69, 9.17) is 4.74 Å². The highest BCUT2D eigenvalue weighted by Gasteiger charge is 1.93. The normalized spacial score (nSPS) is 11.4. The van der Waals surface area contributed by atoms with Gasteiger partial charge in [0.2, 0.25) is 0 Å². The third-order valence-electron chi connectivity index (χ3n) is 1.52. The number of hydroxylamine groups is 1. The minimum Gasteiger partial charge on any atom is -0.624 e. The lowest BCUT2D eigenvalue weighted by atomic mass is 10.2. The summed E-state index contributed by atoms with van der Waals surface area (Å²) < 4.78 is 6.03. The third-order valence-corrected chi connectivity index (χ3v) is 1.52. The first-order valence-electron chi connectivity index (χ1n) is 4.20. The monoisotopic (exact) mass is 179 g/mol. The standard InChI is InChI=1S/C10H13NO2/c1-3-13-10-6-4-9(5-7-10)8-11(2)12/h4-8H,3H2,1-2H3/b11-8-. The van der Waals surface area contributed by atoms with E-state index in [1.54, 1.807) is 0 Å². The van der Waals surface area contributed by atoms with Crippen LogP contribution in [-0.2, 0) is 0 Å². The number of hydrogen-bond donors (Lipinski definition) is 0. The van der Waals surface area contributed by atoms with Crippen molar-refractivity contribution in [2.75, 3.05) is 13.7 Å². The Bertz CT molecular complexity index is 286. The number of ether oxygens (including phenoxy) is 1. The summed E-state index contributed by atoms with van der Waals surface area (Å²) in [6, 6.07) is 7.39. The third kappa shape index (κ3) is 3.15. The molecule has 0 amide bonds.